The fourth-order valence-electron chi connectivity index (χ4n) is 8.00. The van der Waals surface area contributed by atoms with E-state index in [0.717, 1.165) is 11.1 Å². The maximum atomic E-state index is 13.7. The van der Waals surface area contributed by atoms with E-state index >= 15 is 0 Å². The van der Waals surface area contributed by atoms with Gasteiger partial charge in [-0.25, -0.2) is 29.4 Å². The average molecular weight is 1060 g/mol. The second-order valence-corrected chi connectivity index (χ2v) is 16.9. The zero-order valence-electron chi connectivity index (χ0n) is 42.7. The van der Waals surface area contributed by atoms with Crippen LogP contribution >= 0.6 is 0 Å². The molecule has 0 aliphatic carbocycles. The number of ether oxygens (including phenoxy) is 3. The van der Waals surface area contributed by atoms with Crippen LogP contribution < -0.4 is 20.3 Å². The van der Waals surface area contributed by atoms with Crippen LogP contribution in [0.1, 0.15) is 87.8 Å². The molecule has 0 unspecified atom stereocenters. The first-order valence-electron chi connectivity index (χ1n) is 24.6. The SMILES string of the molecule is CCOC(=O)CC(=O)c1ccccc1.CCOC(=O)c1ccc(N2C(=O)CC(c3ccccc3)=C3C(=O)N(c4ccc(COO)cc4)N=C32)cc1.CCOC(=O)c1ccc(N=C2CC(=O)N(c3ccc(COO)cc3)N2)cc1. The molecule has 3 amide bonds. The third-order valence-corrected chi connectivity index (χ3v) is 11.7. The Morgan fingerprint density at radius 2 is 1.09 bits per heavy atom. The zero-order chi connectivity index (χ0) is 55.6. The van der Waals surface area contributed by atoms with E-state index in [-0.39, 0.29) is 74.4 Å². The molecule has 0 aromatic heterocycles. The fraction of sp³-hybridized carbons (Fsp3) is 0.190. The van der Waals surface area contributed by atoms with E-state index in [2.05, 4.69) is 30.0 Å². The molecule has 3 aliphatic heterocycles. The second kappa shape index (κ2) is 27.4. The van der Waals surface area contributed by atoms with Crippen LogP contribution in [0.15, 0.2) is 173 Å². The smallest absolute Gasteiger partial charge is 0.338 e. The fourth-order valence-corrected chi connectivity index (χ4v) is 8.00. The standard InChI is InChI=1S/C28H23N3O6.C19H19N3O5.C11H12O3/c1-2-36-28(34)20-10-14-21(15-11-20)30-24(32)16-23(19-6-4-3-5-7-19)25-26(30)29-31(27(25)33)22-12-8-18(9-13-22)17-37-35;1-2-26-19(24)14-5-7-15(8-6-14)20-17-11-18(23)22(21-17)16-9-3-13(4-10-16)12-27-25;1-2-14-11(13)8-10(12)9-6-4-3-5-7-9/h3-15,35H,2,16-17H2,1H3;3-10,25H,2,11-12H2,1H3,(H,20,21);3-7H,2,8H2,1H3. The van der Waals surface area contributed by atoms with Crippen molar-refractivity contribution < 1.29 is 68.1 Å². The van der Waals surface area contributed by atoms with Crippen molar-refractivity contribution in [2.24, 2.45) is 10.1 Å². The number of fused-ring (bicyclic) bond motifs is 1. The molecular formula is C58H54N6O14. The number of hydrazone groups is 1. The third-order valence-electron chi connectivity index (χ3n) is 11.7. The lowest BCUT2D eigenvalue weighted by Gasteiger charge is -2.28. The first-order chi connectivity index (χ1) is 37.8. The van der Waals surface area contributed by atoms with E-state index in [4.69, 9.17) is 20.0 Å². The van der Waals surface area contributed by atoms with Crippen molar-refractivity contribution >= 4 is 81.4 Å². The van der Waals surface area contributed by atoms with E-state index in [0.29, 0.717) is 75.2 Å². The van der Waals surface area contributed by atoms with Crippen LogP contribution in [-0.4, -0.2) is 83.4 Å². The van der Waals surface area contributed by atoms with Crippen molar-refractivity contribution in [3.8, 4) is 0 Å². The molecule has 0 spiro atoms. The topological polar surface area (TPSA) is 253 Å². The number of hydrogen-bond acceptors (Lipinski definition) is 16. The molecule has 0 radical (unpaired) electrons. The first kappa shape index (κ1) is 56.3. The van der Waals surface area contributed by atoms with Gasteiger partial charge in [-0.1, -0.05) is 84.9 Å². The molecule has 0 bridgehead atoms. The number of benzene rings is 6. The number of rotatable bonds is 17. The van der Waals surface area contributed by atoms with Gasteiger partial charge >= 0.3 is 17.9 Å². The molecule has 1 saturated heterocycles. The summed E-state index contributed by atoms with van der Waals surface area (Å²) in [6.45, 7) is 6.16. The molecule has 6 aromatic rings. The van der Waals surface area contributed by atoms with E-state index < -0.39 is 11.9 Å². The van der Waals surface area contributed by atoms with Crippen molar-refractivity contribution in [1.29, 1.82) is 0 Å². The largest absolute Gasteiger partial charge is 0.466 e. The number of Topliss-reactive ketones (excluding diaryl/α,β-unsaturated/α-hetero) is 1. The Kier molecular flexibility index (Phi) is 19.7. The lowest BCUT2D eigenvalue weighted by Crippen LogP contribution is -2.41. The number of amides is 3. The summed E-state index contributed by atoms with van der Waals surface area (Å²) < 4.78 is 14.7. The number of nitrogens with one attached hydrogen (secondary N) is 1. The highest BCUT2D eigenvalue weighted by Gasteiger charge is 2.43. The van der Waals surface area contributed by atoms with Gasteiger partial charge in [0.15, 0.2) is 11.6 Å². The molecule has 3 N–H and O–H groups in total. The van der Waals surface area contributed by atoms with Crippen LogP contribution in [0.25, 0.3) is 5.57 Å². The lowest BCUT2D eigenvalue weighted by atomic mass is 9.91. The Morgan fingerprint density at radius 1 is 0.577 bits per heavy atom. The van der Waals surface area contributed by atoms with Crippen LogP contribution in [0.3, 0.4) is 0 Å². The van der Waals surface area contributed by atoms with Crippen molar-refractivity contribution in [2.75, 3.05) is 34.7 Å². The molecule has 0 saturated carbocycles. The zero-order valence-corrected chi connectivity index (χ0v) is 42.7. The summed E-state index contributed by atoms with van der Waals surface area (Å²) in [6.07, 6.45) is -0.0384. The molecule has 3 aliphatic rings. The van der Waals surface area contributed by atoms with E-state index in [1.54, 1.807) is 142 Å². The Balaban J connectivity index is 0.000000188. The van der Waals surface area contributed by atoms with Crippen LogP contribution in [-0.2, 0) is 56.4 Å². The van der Waals surface area contributed by atoms with Gasteiger partial charge in [-0.2, -0.15) is 5.01 Å². The van der Waals surface area contributed by atoms with Crippen molar-refractivity contribution in [3.63, 3.8) is 0 Å². The van der Waals surface area contributed by atoms with Crippen LogP contribution in [0.5, 0.6) is 0 Å². The van der Waals surface area contributed by atoms with Crippen molar-refractivity contribution in [2.45, 2.75) is 53.2 Å². The lowest BCUT2D eigenvalue weighted by molar-refractivity contribution is -0.253. The molecule has 400 valence electrons. The Hall–Kier alpha value is -9.47. The van der Waals surface area contributed by atoms with Crippen molar-refractivity contribution in [1.82, 2.24) is 5.43 Å². The number of carbonyl (C=O) groups is 7. The van der Waals surface area contributed by atoms with Gasteiger partial charge in [-0.3, -0.25) is 44.8 Å². The van der Waals surface area contributed by atoms with Crippen LogP contribution in [0.2, 0.25) is 0 Å². The summed E-state index contributed by atoms with van der Waals surface area (Å²) in [6, 6.07) is 44.9. The summed E-state index contributed by atoms with van der Waals surface area (Å²) in [5, 5.41) is 24.4. The Bertz CT molecular complexity index is 3200. The molecule has 1 fully saturated rings. The molecule has 20 heteroatoms. The average Bonchev–Trinajstić information content (AvgIpc) is 4.21. The minimum atomic E-state index is -0.471. The van der Waals surface area contributed by atoms with E-state index in [1.165, 1.54) is 14.9 Å². The number of hydrogen-bond donors (Lipinski definition) is 3. The van der Waals surface area contributed by atoms with E-state index in [1.807, 2.05) is 36.4 Å². The van der Waals surface area contributed by atoms with Gasteiger partial charge in [-0.15, -0.1) is 5.10 Å². The number of carbonyl (C=O) groups excluding carboxylic acids is 7. The van der Waals surface area contributed by atoms with Crippen LogP contribution in [0, 0.1) is 0 Å². The number of anilines is 3. The summed E-state index contributed by atoms with van der Waals surface area (Å²) in [7, 11) is 0. The highest BCUT2D eigenvalue weighted by Crippen LogP contribution is 2.38. The number of nitrogens with zero attached hydrogens (tertiary/aromatic N) is 5. The van der Waals surface area contributed by atoms with E-state index in [9.17, 15) is 33.6 Å². The molecule has 0 atom stereocenters. The quantitative estimate of drug-likeness (QED) is 0.0192. The van der Waals surface area contributed by atoms with Gasteiger partial charge in [0.1, 0.15) is 25.5 Å². The first-order valence-corrected chi connectivity index (χ1v) is 24.6. The molecule has 9 rings (SSSR count). The minimum absolute atomic E-state index is 0.00432. The number of hydrazine groups is 1. The summed E-state index contributed by atoms with van der Waals surface area (Å²) in [4.78, 5) is 99.7. The van der Waals surface area contributed by atoms with Gasteiger partial charge in [-0.05, 0) is 116 Å². The van der Waals surface area contributed by atoms with Gasteiger partial charge < -0.3 is 14.2 Å². The molecule has 3 heterocycles. The van der Waals surface area contributed by atoms with Gasteiger partial charge in [0.05, 0.1) is 72.1 Å². The predicted octanol–water partition coefficient (Wildman–Crippen LogP) is 9.05. The minimum Gasteiger partial charge on any atom is -0.466 e. The third kappa shape index (κ3) is 14.3. The van der Waals surface area contributed by atoms with Gasteiger partial charge in [0.2, 0.25) is 5.91 Å². The molecule has 6 aromatic carbocycles. The number of aliphatic imine (C=N–C) groups is 1. The highest BCUT2D eigenvalue weighted by atomic mass is 17.1. The summed E-state index contributed by atoms with van der Waals surface area (Å²) in [5.41, 5.74) is 9.77. The second-order valence-electron chi connectivity index (χ2n) is 16.9. The summed E-state index contributed by atoms with van der Waals surface area (Å²) in [5.74, 6) is -1.55. The highest BCUT2D eigenvalue weighted by molar-refractivity contribution is 6.44. The van der Waals surface area contributed by atoms with Crippen LogP contribution in [0.4, 0.5) is 22.7 Å². The maximum absolute atomic E-state index is 13.7. The normalized spacial score (nSPS) is 14.1. The number of ketones is 1. The van der Waals surface area contributed by atoms with Gasteiger partial charge in [0.25, 0.3) is 11.8 Å². The molecule has 20 nitrogen and oxygen atoms in total. The Morgan fingerprint density at radius 3 is 1.63 bits per heavy atom. The monoisotopic (exact) mass is 1060 g/mol. The van der Waals surface area contributed by atoms with Crippen molar-refractivity contribution in [3.05, 3.63) is 197 Å². The summed E-state index contributed by atoms with van der Waals surface area (Å²) >= 11 is 0. The predicted molar refractivity (Wildman–Crippen MR) is 287 cm³/mol. The maximum Gasteiger partial charge on any atom is 0.338 e. The Labute approximate surface area is 448 Å². The molecular weight excluding hydrogens is 1000 g/mol. The number of amidine groups is 2. The van der Waals surface area contributed by atoms with Gasteiger partial charge in [0, 0.05) is 5.56 Å². The molecule has 78 heavy (non-hydrogen) atoms. The number of esters is 3.